The van der Waals surface area contributed by atoms with Crippen LogP contribution in [0.1, 0.15) is 58.6 Å². The number of nitrogens with two attached hydrogens (primary N) is 1. The highest BCUT2D eigenvalue weighted by Gasteiger charge is 2.31. The Balaban J connectivity index is 1.69. The number of ether oxygens (including phenoxy) is 1. The summed E-state index contributed by atoms with van der Waals surface area (Å²) in [6.45, 7) is 3.59. The number of anilines is 1. The van der Waals surface area contributed by atoms with Gasteiger partial charge in [0.2, 0.25) is 5.91 Å². The molecule has 0 spiro atoms. The molecule has 31 heavy (non-hydrogen) atoms. The number of hydrogen-bond acceptors (Lipinski definition) is 5. The second-order valence-corrected chi connectivity index (χ2v) is 8.02. The number of aryl methyl sites for hydroxylation is 1. The first kappa shape index (κ1) is 22.3. The van der Waals surface area contributed by atoms with Gasteiger partial charge in [0.1, 0.15) is 11.3 Å². The number of nitro groups is 1. The van der Waals surface area contributed by atoms with Crippen molar-refractivity contribution in [2.75, 3.05) is 12.4 Å². The fourth-order valence-electron chi connectivity index (χ4n) is 4.40. The summed E-state index contributed by atoms with van der Waals surface area (Å²) in [5.74, 6) is -0.142. The Morgan fingerprint density at radius 1 is 1.13 bits per heavy atom. The zero-order valence-electron chi connectivity index (χ0n) is 17.9. The number of amides is 2. The van der Waals surface area contributed by atoms with Crippen molar-refractivity contribution in [3.05, 3.63) is 62.7 Å². The molecule has 1 aliphatic rings. The summed E-state index contributed by atoms with van der Waals surface area (Å²) in [4.78, 5) is 35.2. The molecule has 1 fully saturated rings. The van der Waals surface area contributed by atoms with E-state index in [2.05, 4.69) is 5.32 Å². The molecule has 2 aromatic carbocycles. The third-order valence-corrected chi connectivity index (χ3v) is 6.13. The van der Waals surface area contributed by atoms with Crippen LogP contribution in [0.25, 0.3) is 0 Å². The van der Waals surface area contributed by atoms with Gasteiger partial charge in [0, 0.05) is 23.2 Å². The molecule has 1 aliphatic carbocycles. The van der Waals surface area contributed by atoms with E-state index in [1.807, 2.05) is 25.1 Å². The summed E-state index contributed by atoms with van der Waals surface area (Å²) >= 11 is 0. The highest BCUT2D eigenvalue weighted by atomic mass is 16.6. The Labute approximate surface area is 180 Å². The van der Waals surface area contributed by atoms with E-state index in [9.17, 15) is 19.7 Å². The maximum atomic E-state index is 12.7. The lowest BCUT2D eigenvalue weighted by atomic mass is 9.76. The van der Waals surface area contributed by atoms with Crippen molar-refractivity contribution in [1.29, 1.82) is 0 Å². The summed E-state index contributed by atoms with van der Waals surface area (Å²) in [5, 5.41) is 14.5. The van der Waals surface area contributed by atoms with Gasteiger partial charge in [0.05, 0.1) is 12.0 Å². The highest BCUT2D eigenvalue weighted by Crippen LogP contribution is 2.40. The fourth-order valence-corrected chi connectivity index (χ4v) is 4.40. The summed E-state index contributed by atoms with van der Waals surface area (Å²) in [5.41, 5.74) is 8.01. The van der Waals surface area contributed by atoms with Crippen molar-refractivity contribution in [3.63, 3.8) is 0 Å². The second kappa shape index (κ2) is 9.16. The average Bonchev–Trinajstić information content (AvgIpc) is 2.74. The normalized spacial score (nSPS) is 18.3. The summed E-state index contributed by atoms with van der Waals surface area (Å²) in [6, 6.07) is 8.75. The number of carbonyl (C=O) groups is 2. The lowest BCUT2D eigenvalue weighted by Gasteiger charge is -2.29. The molecule has 2 aromatic rings. The molecular weight excluding hydrogens is 398 g/mol. The van der Waals surface area contributed by atoms with Crippen molar-refractivity contribution >= 4 is 23.2 Å². The van der Waals surface area contributed by atoms with E-state index in [0.29, 0.717) is 24.1 Å². The van der Waals surface area contributed by atoms with Crippen LogP contribution >= 0.6 is 0 Å². The van der Waals surface area contributed by atoms with E-state index < -0.39 is 10.8 Å². The molecule has 2 amide bonds. The van der Waals surface area contributed by atoms with Crippen molar-refractivity contribution in [2.24, 2.45) is 11.7 Å². The van der Waals surface area contributed by atoms with E-state index in [-0.39, 0.29) is 29.0 Å². The van der Waals surface area contributed by atoms with Gasteiger partial charge in [0.25, 0.3) is 11.6 Å². The number of carbonyl (C=O) groups excluding carboxylic acids is 2. The van der Waals surface area contributed by atoms with E-state index >= 15 is 0 Å². The minimum atomic E-state index is -0.811. The lowest BCUT2D eigenvalue weighted by molar-refractivity contribution is -0.385. The smallest absolute Gasteiger partial charge is 0.285 e. The van der Waals surface area contributed by atoms with Crippen LogP contribution in [0.5, 0.6) is 5.75 Å². The zero-order valence-corrected chi connectivity index (χ0v) is 17.9. The second-order valence-electron chi connectivity index (χ2n) is 8.02. The lowest BCUT2D eigenvalue weighted by Crippen LogP contribution is -2.27. The van der Waals surface area contributed by atoms with Gasteiger partial charge in [-0.25, -0.2) is 0 Å². The van der Waals surface area contributed by atoms with Gasteiger partial charge in [-0.2, -0.15) is 0 Å². The van der Waals surface area contributed by atoms with Crippen molar-refractivity contribution in [1.82, 2.24) is 0 Å². The Bertz CT molecular complexity index is 1030. The first-order chi connectivity index (χ1) is 14.7. The molecule has 1 saturated carbocycles. The van der Waals surface area contributed by atoms with Crippen LogP contribution in [-0.4, -0.2) is 23.8 Å². The molecule has 0 radical (unpaired) electrons. The molecule has 164 valence electrons. The van der Waals surface area contributed by atoms with Crippen LogP contribution in [0.4, 0.5) is 11.4 Å². The molecule has 0 bridgehead atoms. The van der Waals surface area contributed by atoms with E-state index in [1.165, 1.54) is 6.07 Å². The summed E-state index contributed by atoms with van der Waals surface area (Å²) < 4.78 is 5.31. The average molecular weight is 425 g/mol. The van der Waals surface area contributed by atoms with Crippen LogP contribution in [-0.2, 0) is 4.79 Å². The van der Waals surface area contributed by atoms with Crippen LogP contribution in [0.3, 0.4) is 0 Å². The Hall–Kier alpha value is -3.42. The van der Waals surface area contributed by atoms with Crippen LogP contribution in [0.15, 0.2) is 30.3 Å². The van der Waals surface area contributed by atoms with Crippen molar-refractivity contribution < 1.29 is 19.2 Å². The summed E-state index contributed by atoms with van der Waals surface area (Å²) in [7, 11) is 1.59. The molecule has 0 heterocycles. The molecule has 0 atom stereocenters. The molecule has 8 nitrogen and oxygen atoms in total. The third-order valence-electron chi connectivity index (χ3n) is 6.13. The SMILES string of the molecule is COc1cc(NC(=O)C2CCC(c3ccc(C(N)=O)c([N+](=O)[O-])c3C)CC2)ccc1C. The molecular formula is C23H27N3O5. The number of nitrogens with one attached hydrogen (secondary N) is 1. The molecule has 8 heteroatoms. The number of hydrogen-bond donors (Lipinski definition) is 2. The van der Waals surface area contributed by atoms with Crippen LogP contribution in [0.2, 0.25) is 0 Å². The van der Waals surface area contributed by atoms with E-state index in [0.717, 1.165) is 29.7 Å². The van der Waals surface area contributed by atoms with Crippen molar-refractivity contribution in [2.45, 2.75) is 45.4 Å². The Morgan fingerprint density at radius 2 is 1.81 bits per heavy atom. The molecule has 0 aliphatic heterocycles. The topological polar surface area (TPSA) is 125 Å². The molecule has 0 saturated heterocycles. The molecule has 0 aromatic heterocycles. The quantitative estimate of drug-likeness (QED) is 0.529. The zero-order chi connectivity index (χ0) is 22.7. The largest absolute Gasteiger partial charge is 0.496 e. The monoisotopic (exact) mass is 425 g/mol. The van der Waals surface area contributed by atoms with Gasteiger partial charge in [-0.15, -0.1) is 0 Å². The van der Waals surface area contributed by atoms with E-state index in [4.69, 9.17) is 10.5 Å². The van der Waals surface area contributed by atoms with Gasteiger partial charge < -0.3 is 15.8 Å². The van der Waals surface area contributed by atoms with Gasteiger partial charge in [0.15, 0.2) is 0 Å². The maximum absolute atomic E-state index is 12.7. The van der Waals surface area contributed by atoms with E-state index in [1.54, 1.807) is 20.1 Å². The Kier molecular flexibility index (Phi) is 6.58. The van der Waals surface area contributed by atoms with Crippen LogP contribution in [0, 0.1) is 29.9 Å². The molecule has 3 N–H and O–H groups in total. The number of benzene rings is 2. The first-order valence-corrected chi connectivity index (χ1v) is 10.3. The predicted octanol–water partition coefficient (Wildman–Crippen LogP) is 4.23. The highest BCUT2D eigenvalue weighted by molar-refractivity contribution is 5.97. The third kappa shape index (κ3) is 4.68. The molecule has 0 unspecified atom stereocenters. The number of methoxy groups -OCH3 is 1. The standard InChI is InChI=1S/C23H27N3O5/c1-13-4-9-17(12-20(13)31-3)25-23(28)16-7-5-15(6-8-16)18-10-11-19(22(24)27)21(14(18)2)26(29)30/h4,9-12,15-16H,5-8H2,1-3H3,(H2,24,27)(H,25,28). The maximum Gasteiger partial charge on any atom is 0.285 e. The molecule has 3 rings (SSSR count). The minimum Gasteiger partial charge on any atom is -0.496 e. The van der Waals surface area contributed by atoms with Gasteiger partial charge >= 0.3 is 0 Å². The van der Waals surface area contributed by atoms with Crippen LogP contribution < -0.4 is 15.8 Å². The minimum absolute atomic E-state index is 0.0314. The first-order valence-electron chi connectivity index (χ1n) is 10.3. The number of nitro benzene ring substituents is 1. The Morgan fingerprint density at radius 3 is 2.39 bits per heavy atom. The van der Waals surface area contributed by atoms with Gasteiger partial charge in [-0.05, 0) is 68.7 Å². The number of nitrogens with zero attached hydrogens (tertiary/aromatic N) is 1. The predicted molar refractivity (Wildman–Crippen MR) is 117 cm³/mol. The van der Waals surface area contributed by atoms with Gasteiger partial charge in [-0.1, -0.05) is 12.1 Å². The fraction of sp³-hybridized carbons (Fsp3) is 0.391. The summed E-state index contributed by atoms with van der Waals surface area (Å²) in [6.07, 6.45) is 2.85. The number of rotatable bonds is 6. The van der Waals surface area contributed by atoms with Crippen molar-refractivity contribution in [3.8, 4) is 5.75 Å². The van der Waals surface area contributed by atoms with Gasteiger partial charge in [-0.3, -0.25) is 19.7 Å². The number of primary amides is 1.